The average Bonchev–Trinajstić information content (AvgIpc) is 3.58. The predicted octanol–water partition coefficient (Wildman–Crippen LogP) is 7.42. The molecule has 1 amide bonds. The van der Waals surface area contributed by atoms with Crippen molar-refractivity contribution in [3.05, 3.63) is 111 Å². The maximum absolute atomic E-state index is 14.8. The van der Waals surface area contributed by atoms with E-state index in [1.54, 1.807) is 52.4 Å². The fraction of sp³-hybridized carbons (Fsp3) is 0.111. The molecule has 0 bridgehead atoms. The van der Waals surface area contributed by atoms with Gasteiger partial charge >= 0.3 is 6.18 Å². The average molecular weight is 604 g/mol. The third-order valence-corrected chi connectivity index (χ3v) is 7.96. The lowest BCUT2D eigenvalue weighted by atomic mass is 10.1. The van der Waals surface area contributed by atoms with Gasteiger partial charge in [0.25, 0.3) is 5.91 Å². The van der Waals surface area contributed by atoms with Crippen LogP contribution in [0.25, 0.3) is 17.1 Å². The summed E-state index contributed by atoms with van der Waals surface area (Å²) in [6.07, 6.45) is -4.47. The van der Waals surface area contributed by atoms with Crippen molar-refractivity contribution in [2.75, 3.05) is 0 Å². The number of carbonyl (C=O) groups is 1. The van der Waals surface area contributed by atoms with Crippen LogP contribution < -0.4 is 5.32 Å². The second-order valence-electron chi connectivity index (χ2n) is 8.37. The molecule has 2 heterocycles. The lowest BCUT2D eigenvalue weighted by Gasteiger charge is -2.11. The van der Waals surface area contributed by atoms with Gasteiger partial charge in [-0.25, -0.2) is 9.37 Å². The Morgan fingerprint density at radius 1 is 1.02 bits per heavy atom. The molecule has 0 spiro atoms. The lowest BCUT2D eigenvalue weighted by Crippen LogP contribution is -2.23. The molecule has 5 aromatic rings. The zero-order valence-electron chi connectivity index (χ0n) is 20.3. The molecular weight excluding hydrogens is 586 g/mol. The van der Waals surface area contributed by atoms with E-state index >= 15 is 0 Å². The number of nitrogens with zero attached hydrogens (tertiary/aromatic N) is 4. The van der Waals surface area contributed by atoms with Gasteiger partial charge in [-0.15, -0.1) is 21.5 Å². The summed E-state index contributed by atoms with van der Waals surface area (Å²) in [6, 6.07) is 18.0. The Labute approximate surface area is 239 Å². The second-order valence-corrected chi connectivity index (χ2v) is 10.7. The van der Waals surface area contributed by atoms with Crippen molar-refractivity contribution >= 4 is 40.6 Å². The van der Waals surface area contributed by atoms with Gasteiger partial charge in [-0.3, -0.25) is 9.36 Å². The number of carbonyl (C=O) groups excluding carboxylic acids is 1. The number of para-hydroxylation sites is 1. The third kappa shape index (κ3) is 6.19. The second kappa shape index (κ2) is 11.8. The van der Waals surface area contributed by atoms with Crippen molar-refractivity contribution in [3.8, 4) is 17.1 Å². The predicted molar refractivity (Wildman–Crippen MR) is 146 cm³/mol. The van der Waals surface area contributed by atoms with Gasteiger partial charge in [0.05, 0.1) is 22.0 Å². The van der Waals surface area contributed by atoms with E-state index in [1.807, 2.05) is 0 Å². The van der Waals surface area contributed by atoms with Crippen LogP contribution in [0.15, 0.2) is 83.3 Å². The molecule has 0 radical (unpaired) electrons. The molecule has 0 saturated carbocycles. The van der Waals surface area contributed by atoms with Gasteiger partial charge in [0, 0.05) is 17.5 Å². The minimum atomic E-state index is -4.47. The number of hydrogen-bond acceptors (Lipinski definition) is 6. The topological polar surface area (TPSA) is 72.7 Å². The Morgan fingerprint density at radius 3 is 2.58 bits per heavy atom. The minimum Gasteiger partial charge on any atom is -0.347 e. The normalized spacial score (nSPS) is 11.5. The molecule has 0 saturated heterocycles. The Bertz CT molecular complexity index is 1670. The number of alkyl halides is 3. The SMILES string of the molecule is O=C(NCc1cccc(C(F)(F)F)c1)c1csc(CSc2nnc(-c3ccccc3Cl)n2-c2ccccc2F)n1. The van der Waals surface area contributed by atoms with E-state index < -0.39 is 23.5 Å². The van der Waals surface area contributed by atoms with Gasteiger partial charge in [0.2, 0.25) is 0 Å². The first-order valence-electron chi connectivity index (χ1n) is 11.7. The van der Waals surface area contributed by atoms with Crippen LogP contribution in [0.3, 0.4) is 0 Å². The van der Waals surface area contributed by atoms with Crippen molar-refractivity contribution < 1.29 is 22.4 Å². The number of rotatable bonds is 8. The number of nitrogens with one attached hydrogen (secondary N) is 1. The van der Waals surface area contributed by atoms with Gasteiger partial charge in [0.15, 0.2) is 11.0 Å². The number of amides is 1. The Balaban J connectivity index is 1.31. The summed E-state index contributed by atoms with van der Waals surface area (Å²) in [5.74, 6) is -0.306. The van der Waals surface area contributed by atoms with Crippen LogP contribution in [0.4, 0.5) is 17.6 Å². The number of halogens is 5. The quantitative estimate of drug-likeness (QED) is 0.148. The van der Waals surface area contributed by atoms with Crippen LogP contribution in [0.1, 0.15) is 26.6 Å². The monoisotopic (exact) mass is 603 g/mol. The summed E-state index contributed by atoms with van der Waals surface area (Å²) < 4.78 is 55.2. The van der Waals surface area contributed by atoms with E-state index in [-0.39, 0.29) is 17.9 Å². The summed E-state index contributed by atoms with van der Waals surface area (Å²) in [7, 11) is 0. The van der Waals surface area contributed by atoms with Crippen LogP contribution >= 0.6 is 34.7 Å². The molecule has 0 aliphatic rings. The molecule has 13 heteroatoms. The molecule has 0 atom stereocenters. The van der Waals surface area contributed by atoms with Crippen molar-refractivity contribution in [2.24, 2.45) is 0 Å². The van der Waals surface area contributed by atoms with E-state index in [4.69, 9.17) is 11.6 Å². The van der Waals surface area contributed by atoms with Gasteiger partial charge < -0.3 is 5.32 Å². The van der Waals surface area contributed by atoms with Crippen molar-refractivity contribution in [3.63, 3.8) is 0 Å². The first kappa shape index (κ1) is 27.8. The highest BCUT2D eigenvalue weighted by atomic mass is 35.5. The van der Waals surface area contributed by atoms with E-state index in [0.717, 1.165) is 12.1 Å². The molecular formula is C27H18ClF4N5OS2. The molecule has 0 fully saturated rings. The van der Waals surface area contributed by atoms with E-state index in [1.165, 1.54) is 41.3 Å². The number of aromatic nitrogens is 4. The summed E-state index contributed by atoms with van der Waals surface area (Å²) in [5, 5.41) is 14.1. The minimum absolute atomic E-state index is 0.0824. The van der Waals surface area contributed by atoms with Crippen LogP contribution in [0.5, 0.6) is 0 Å². The van der Waals surface area contributed by atoms with Crippen molar-refractivity contribution in [1.29, 1.82) is 0 Å². The molecule has 1 N–H and O–H groups in total. The Morgan fingerprint density at radius 2 is 1.80 bits per heavy atom. The highest BCUT2D eigenvalue weighted by Gasteiger charge is 2.30. The van der Waals surface area contributed by atoms with E-state index in [2.05, 4.69) is 20.5 Å². The first-order valence-corrected chi connectivity index (χ1v) is 13.9. The third-order valence-electron chi connectivity index (χ3n) is 5.66. The Kier molecular flexibility index (Phi) is 8.19. The lowest BCUT2D eigenvalue weighted by molar-refractivity contribution is -0.137. The maximum atomic E-state index is 14.8. The summed E-state index contributed by atoms with van der Waals surface area (Å²) >= 11 is 8.88. The molecule has 0 aliphatic carbocycles. The van der Waals surface area contributed by atoms with E-state index in [0.29, 0.717) is 37.9 Å². The molecule has 40 heavy (non-hydrogen) atoms. The van der Waals surface area contributed by atoms with Crippen LogP contribution in [-0.2, 0) is 18.5 Å². The number of thiazole rings is 1. The summed E-state index contributed by atoms with van der Waals surface area (Å²) in [5.41, 5.74) is 0.503. The van der Waals surface area contributed by atoms with Gasteiger partial charge in [-0.2, -0.15) is 13.2 Å². The molecule has 6 nitrogen and oxygen atoms in total. The summed E-state index contributed by atoms with van der Waals surface area (Å²) in [4.78, 5) is 16.9. The van der Waals surface area contributed by atoms with Crippen molar-refractivity contribution in [2.45, 2.75) is 23.6 Å². The van der Waals surface area contributed by atoms with Gasteiger partial charge in [-0.1, -0.05) is 59.8 Å². The van der Waals surface area contributed by atoms with Crippen LogP contribution in [-0.4, -0.2) is 25.7 Å². The summed E-state index contributed by atoms with van der Waals surface area (Å²) in [6.45, 7) is -0.0824. The molecule has 5 rings (SSSR count). The Hall–Kier alpha value is -3.74. The number of thioether (sulfide) groups is 1. The van der Waals surface area contributed by atoms with Crippen LogP contribution in [0, 0.1) is 5.82 Å². The maximum Gasteiger partial charge on any atom is 0.416 e. The van der Waals surface area contributed by atoms with Gasteiger partial charge in [-0.05, 0) is 42.0 Å². The van der Waals surface area contributed by atoms with E-state index in [9.17, 15) is 22.4 Å². The first-order chi connectivity index (χ1) is 19.2. The fourth-order valence-corrected chi connectivity index (χ4v) is 5.73. The molecule has 3 aromatic carbocycles. The highest BCUT2D eigenvalue weighted by molar-refractivity contribution is 7.98. The number of benzene rings is 3. The number of hydrogen-bond donors (Lipinski definition) is 1. The zero-order valence-corrected chi connectivity index (χ0v) is 22.7. The molecule has 2 aromatic heterocycles. The smallest absolute Gasteiger partial charge is 0.347 e. The van der Waals surface area contributed by atoms with Crippen LogP contribution in [0.2, 0.25) is 5.02 Å². The van der Waals surface area contributed by atoms with Gasteiger partial charge in [0.1, 0.15) is 16.5 Å². The fourth-order valence-electron chi connectivity index (χ4n) is 3.77. The zero-order chi connectivity index (χ0) is 28.3. The molecule has 0 unspecified atom stereocenters. The highest BCUT2D eigenvalue weighted by Crippen LogP contribution is 2.34. The molecule has 0 aliphatic heterocycles. The largest absolute Gasteiger partial charge is 0.416 e. The van der Waals surface area contributed by atoms with Crippen molar-refractivity contribution in [1.82, 2.24) is 25.1 Å². The molecule has 204 valence electrons. The standard InChI is InChI=1S/C27H18ClF4N5OS2/c28-19-9-2-1-8-18(19)24-35-36-26(37(24)22-11-4-3-10-20(22)29)40-15-23-34-21(14-39-23)25(38)33-13-16-6-5-7-17(12-16)27(30,31)32/h1-12,14H,13,15H2,(H,33,38).